The molecule has 1 aromatic carbocycles. The number of anilines is 1. The minimum Gasteiger partial charge on any atom is -0.382 e. The third-order valence-corrected chi connectivity index (χ3v) is 4.53. The highest BCUT2D eigenvalue weighted by molar-refractivity contribution is 7.91. The number of aliphatic hydroxyl groups excluding tert-OH is 1. The Labute approximate surface area is 115 Å². The molecule has 0 spiro atoms. The molecule has 0 fully saturated rings. The van der Waals surface area contributed by atoms with Gasteiger partial charge < -0.3 is 10.4 Å². The van der Waals surface area contributed by atoms with Gasteiger partial charge in [0, 0.05) is 6.54 Å². The van der Waals surface area contributed by atoms with Gasteiger partial charge in [-0.25, -0.2) is 8.42 Å². The van der Waals surface area contributed by atoms with Crippen molar-refractivity contribution in [2.45, 2.75) is 30.5 Å². The van der Waals surface area contributed by atoms with Crippen molar-refractivity contribution in [3.8, 4) is 0 Å². The van der Waals surface area contributed by atoms with Crippen LogP contribution >= 0.6 is 0 Å². The molecule has 114 valence electrons. The van der Waals surface area contributed by atoms with Crippen molar-refractivity contribution in [3.63, 3.8) is 0 Å². The minimum atomic E-state index is -4.75. The molecule has 8 heteroatoms. The summed E-state index contributed by atoms with van der Waals surface area (Å²) in [4.78, 5) is -0.0591. The summed E-state index contributed by atoms with van der Waals surface area (Å²) in [6.07, 6.45) is -6.89. The Morgan fingerprint density at radius 3 is 2.45 bits per heavy atom. The predicted molar refractivity (Wildman–Crippen MR) is 69.3 cm³/mol. The van der Waals surface area contributed by atoms with Gasteiger partial charge >= 0.3 is 6.18 Å². The fraction of sp³-hybridized carbons (Fsp3) is 0.500. The van der Waals surface area contributed by atoms with E-state index in [0.29, 0.717) is 6.42 Å². The SMILES string of the molecule is CCCS(=O)(=O)c1ccccc1NCC(O)C(F)(F)F. The molecular formula is C12H16F3NO3S. The van der Waals surface area contributed by atoms with E-state index in [0.717, 1.165) is 0 Å². The normalized spacial score (nSPS) is 14.1. The molecule has 0 aromatic heterocycles. The second-order valence-electron chi connectivity index (χ2n) is 4.25. The lowest BCUT2D eigenvalue weighted by molar-refractivity contribution is -0.198. The lowest BCUT2D eigenvalue weighted by Gasteiger charge is -2.17. The lowest BCUT2D eigenvalue weighted by atomic mass is 10.3. The van der Waals surface area contributed by atoms with Crippen molar-refractivity contribution in [2.75, 3.05) is 17.6 Å². The molecule has 20 heavy (non-hydrogen) atoms. The molecular weight excluding hydrogens is 295 g/mol. The molecule has 0 radical (unpaired) electrons. The number of hydrogen-bond acceptors (Lipinski definition) is 4. The van der Waals surface area contributed by atoms with Gasteiger partial charge in [0.15, 0.2) is 15.9 Å². The highest BCUT2D eigenvalue weighted by atomic mass is 32.2. The molecule has 0 bridgehead atoms. The number of nitrogens with one attached hydrogen (secondary N) is 1. The Hall–Kier alpha value is -1.28. The Bertz CT molecular complexity index is 543. The molecule has 0 heterocycles. The molecule has 1 aromatic rings. The zero-order valence-corrected chi connectivity index (χ0v) is 11.6. The van der Waals surface area contributed by atoms with E-state index in [2.05, 4.69) is 5.32 Å². The van der Waals surface area contributed by atoms with Gasteiger partial charge in [-0.05, 0) is 18.6 Å². The molecule has 0 amide bonds. The highest BCUT2D eigenvalue weighted by Crippen LogP contribution is 2.24. The lowest BCUT2D eigenvalue weighted by Crippen LogP contribution is -2.35. The van der Waals surface area contributed by atoms with Crippen LogP contribution in [0.3, 0.4) is 0 Å². The first kappa shape index (κ1) is 16.8. The molecule has 0 aliphatic rings. The highest BCUT2D eigenvalue weighted by Gasteiger charge is 2.38. The maximum absolute atomic E-state index is 12.2. The third kappa shape index (κ3) is 4.38. The standard InChI is InChI=1S/C12H16F3NO3S/c1-2-7-20(18,19)10-6-4-3-5-9(10)16-8-11(17)12(13,14)15/h3-6,11,16-17H,2,7-8H2,1H3. The van der Waals surface area contributed by atoms with E-state index in [-0.39, 0.29) is 16.3 Å². The van der Waals surface area contributed by atoms with Crippen LogP contribution in [0.15, 0.2) is 29.2 Å². The van der Waals surface area contributed by atoms with E-state index in [1.807, 2.05) is 0 Å². The average molecular weight is 311 g/mol. The van der Waals surface area contributed by atoms with Gasteiger partial charge in [-0.15, -0.1) is 0 Å². The van der Waals surface area contributed by atoms with Crippen molar-refractivity contribution < 1.29 is 26.7 Å². The number of sulfone groups is 1. The van der Waals surface area contributed by atoms with Crippen molar-refractivity contribution in [1.29, 1.82) is 0 Å². The first-order valence-corrected chi connectivity index (χ1v) is 7.64. The van der Waals surface area contributed by atoms with Crippen LogP contribution in [0.2, 0.25) is 0 Å². The number of alkyl halides is 3. The summed E-state index contributed by atoms with van der Waals surface area (Å²) in [7, 11) is -3.55. The van der Waals surface area contributed by atoms with Gasteiger partial charge in [-0.1, -0.05) is 19.1 Å². The fourth-order valence-corrected chi connectivity index (χ4v) is 3.10. The largest absolute Gasteiger partial charge is 0.416 e. The molecule has 2 N–H and O–H groups in total. The van der Waals surface area contributed by atoms with Gasteiger partial charge in [0.1, 0.15) is 0 Å². The minimum absolute atomic E-state index is 0.0591. The van der Waals surface area contributed by atoms with E-state index in [1.165, 1.54) is 24.3 Å². The molecule has 1 rings (SSSR count). The average Bonchev–Trinajstić information content (AvgIpc) is 2.35. The number of aliphatic hydroxyl groups is 1. The Kier molecular flexibility index (Phi) is 5.41. The van der Waals surface area contributed by atoms with E-state index in [9.17, 15) is 21.6 Å². The van der Waals surface area contributed by atoms with Crippen LogP contribution in [0.1, 0.15) is 13.3 Å². The number of halogens is 3. The monoisotopic (exact) mass is 311 g/mol. The summed E-state index contributed by atoms with van der Waals surface area (Å²) in [6, 6.07) is 5.69. The molecule has 0 saturated heterocycles. The molecule has 0 aliphatic carbocycles. The Morgan fingerprint density at radius 1 is 1.30 bits per heavy atom. The van der Waals surface area contributed by atoms with E-state index >= 15 is 0 Å². The summed E-state index contributed by atoms with van der Waals surface area (Å²) < 4.78 is 60.5. The van der Waals surface area contributed by atoms with Crippen LogP contribution in [0.4, 0.5) is 18.9 Å². The topological polar surface area (TPSA) is 66.4 Å². The van der Waals surface area contributed by atoms with E-state index < -0.39 is 28.7 Å². The van der Waals surface area contributed by atoms with E-state index in [1.54, 1.807) is 6.92 Å². The number of para-hydroxylation sites is 1. The van der Waals surface area contributed by atoms with Crippen LogP contribution in [0, 0.1) is 0 Å². The van der Waals surface area contributed by atoms with Crippen molar-refractivity contribution in [2.24, 2.45) is 0 Å². The van der Waals surface area contributed by atoms with Gasteiger partial charge in [-0.3, -0.25) is 0 Å². The molecule has 1 atom stereocenters. The summed E-state index contributed by atoms with van der Waals surface area (Å²) in [6.45, 7) is 0.892. The van der Waals surface area contributed by atoms with Crippen molar-refractivity contribution in [1.82, 2.24) is 0 Å². The number of hydrogen-bond donors (Lipinski definition) is 2. The summed E-state index contributed by atoms with van der Waals surface area (Å²) in [5.41, 5.74) is 0.0595. The van der Waals surface area contributed by atoms with Crippen LogP contribution in [0.25, 0.3) is 0 Å². The molecule has 1 unspecified atom stereocenters. The maximum Gasteiger partial charge on any atom is 0.416 e. The van der Waals surface area contributed by atoms with Gasteiger partial charge in [-0.2, -0.15) is 13.2 Å². The number of benzene rings is 1. The third-order valence-electron chi connectivity index (χ3n) is 2.56. The smallest absolute Gasteiger partial charge is 0.382 e. The van der Waals surface area contributed by atoms with Gasteiger partial charge in [0.2, 0.25) is 0 Å². The molecule has 4 nitrogen and oxygen atoms in total. The Morgan fingerprint density at radius 2 is 1.90 bits per heavy atom. The maximum atomic E-state index is 12.2. The summed E-state index contributed by atoms with van der Waals surface area (Å²) in [5, 5.41) is 11.2. The van der Waals surface area contributed by atoms with Crippen LogP contribution in [0.5, 0.6) is 0 Å². The zero-order chi connectivity index (χ0) is 15.4. The quantitative estimate of drug-likeness (QED) is 0.845. The second kappa shape index (κ2) is 6.45. The van der Waals surface area contributed by atoms with Crippen LogP contribution in [-0.4, -0.2) is 38.1 Å². The Balaban J connectivity index is 2.93. The first-order chi connectivity index (χ1) is 9.18. The summed E-state index contributed by atoms with van der Waals surface area (Å²) in [5.74, 6) is -0.0898. The first-order valence-electron chi connectivity index (χ1n) is 5.99. The molecule has 0 aliphatic heterocycles. The van der Waals surface area contributed by atoms with E-state index in [4.69, 9.17) is 5.11 Å². The van der Waals surface area contributed by atoms with Crippen molar-refractivity contribution >= 4 is 15.5 Å². The van der Waals surface area contributed by atoms with Crippen LogP contribution in [-0.2, 0) is 9.84 Å². The second-order valence-corrected chi connectivity index (χ2v) is 6.33. The van der Waals surface area contributed by atoms with Crippen LogP contribution < -0.4 is 5.32 Å². The van der Waals surface area contributed by atoms with Gasteiger partial charge in [0.25, 0.3) is 0 Å². The predicted octanol–water partition coefficient (Wildman–Crippen LogP) is 2.21. The summed E-state index contributed by atoms with van der Waals surface area (Å²) >= 11 is 0. The van der Waals surface area contributed by atoms with Gasteiger partial charge in [0.05, 0.1) is 16.3 Å². The fourth-order valence-electron chi connectivity index (χ4n) is 1.58. The van der Waals surface area contributed by atoms with Crippen molar-refractivity contribution in [3.05, 3.63) is 24.3 Å². The zero-order valence-electron chi connectivity index (χ0n) is 10.8. The molecule has 0 saturated carbocycles. The number of rotatable bonds is 6.